The van der Waals surface area contributed by atoms with Gasteiger partial charge in [0.05, 0.1) is 26.8 Å². The fourth-order valence-electron chi connectivity index (χ4n) is 2.14. The van der Waals surface area contributed by atoms with E-state index < -0.39 is 33.6 Å². The average Bonchev–Trinajstić information content (AvgIpc) is 2.59. The van der Waals surface area contributed by atoms with Crippen molar-refractivity contribution in [3.05, 3.63) is 54.8 Å². The molecule has 0 atom stereocenters. The first-order chi connectivity index (χ1) is 12.5. The molecule has 0 aliphatic heterocycles. The summed E-state index contributed by atoms with van der Waals surface area (Å²) in [5, 5.41) is 33.5. The zero-order valence-electron chi connectivity index (χ0n) is 13.9. The van der Waals surface area contributed by atoms with Gasteiger partial charge in [-0.2, -0.15) is 0 Å². The van der Waals surface area contributed by atoms with Crippen molar-refractivity contribution in [3.63, 3.8) is 0 Å². The molecular weight excluding hydrogens is 403 g/mol. The Labute approximate surface area is 161 Å². The predicted molar refractivity (Wildman–Crippen MR) is 96.3 cm³/mol. The molecule has 2 rings (SSSR count). The number of nitrogens with zero attached hydrogens (tertiary/aromatic N) is 3. The highest BCUT2D eigenvalue weighted by atomic mass is 35.5. The first-order valence-corrected chi connectivity index (χ1v) is 7.87. The third kappa shape index (κ3) is 4.01. The largest absolute Gasteiger partial charge is 0.504 e. The van der Waals surface area contributed by atoms with Crippen LogP contribution < -0.4 is 5.73 Å². The summed E-state index contributed by atoms with van der Waals surface area (Å²) in [5.74, 6) is -3.34. The van der Waals surface area contributed by atoms with Crippen LogP contribution in [0.2, 0.25) is 10.2 Å². The molecule has 0 radical (unpaired) electrons. The second kappa shape index (κ2) is 7.64. The first kappa shape index (κ1) is 20.2. The van der Waals surface area contributed by atoms with Crippen molar-refractivity contribution in [2.45, 2.75) is 13.8 Å². The molecule has 10 nitrogen and oxygen atoms in total. The lowest BCUT2D eigenvalue weighted by atomic mass is 10.1. The fraction of sp³-hybridized carbons (Fsp3) is 0.133. The summed E-state index contributed by atoms with van der Waals surface area (Å²) < 4.78 is 0. The smallest absolute Gasteiger partial charge is 0.366 e. The molecule has 2 aromatic rings. The van der Waals surface area contributed by atoms with E-state index in [0.29, 0.717) is 22.3 Å². The predicted octanol–water partition coefficient (Wildman–Crippen LogP) is 2.80. The summed E-state index contributed by atoms with van der Waals surface area (Å²) in [6.45, 7) is 3.26. The van der Waals surface area contributed by atoms with Gasteiger partial charge in [-0.25, -0.2) is 9.78 Å². The van der Waals surface area contributed by atoms with E-state index >= 15 is 0 Å². The number of hydrogen-bond donors (Lipinski definition) is 3. The molecule has 142 valence electrons. The van der Waals surface area contributed by atoms with E-state index in [1.165, 1.54) is 0 Å². The van der Waals surface area contributed by atoms with Gasteiger partial charge in [-0.15, -0.1) is 0 Å². The van der Waals surface area contributed by atoms with E-state index in [1.54, 1.807) is 13.8 Å². The molecule has 1 heterocycles. The molecule has 0 aliphatic rings. The molecule has 12 heteroatoms. The summed E-state index contributed by atoms with van der Waals surface area (Å²) in [5.41, 5.74) is 5.54. The SMILES string of the molecule is Cc1nc(Cl)c(/C(N)=N/OC(=O)c2cc(O)c(O)c([N+](=O)[O-])c2)c(C)c1Cl. The molecule has 0 unspecified atom stereocenters. The maximum absolute atomic E-state index is 12.0. The van der Waals surface area contributed by atoms with E-state index in [9.17, 15) is 25.1 Å². The lowest BCUT2D eigenvalue weighted by molar-refractivity contribution is -0.386. The monoisotopic (exact) mass is 414 g/mol. The maximum atomic E-state index is 12.0. The van der Waals surface area contributed by atoms with Gasteiger partial charge in [0.15, 0.2) is 11.6 Å². The molecule has 0 aliphatic carbocycles. The number of benzene rings is 1. The van der Waals surface area contributed by atoms with E-state index in [4.69, 9.17) is 28.9 Å². The minimum atomic E-state index is -1.17. The Morgan fingerprint density at radius 1 is 1.33 bits per heavy atom. The molecule has 0 saturated heterocycles. The van der Waals surface area contributed by atoms with Crippen molar-refractivity contribution in [1.82, 2.24) is 4.98 Å². The normalized spacial score (nSPS) is 11.3. The third-order valence-electron chi connectivity index (χ3n) is 3.48. The van der Waals surface area contributed by atoms with Crippen LogP contribution in [0.25, 0.3) is 0 Å². The van der Waals surface area contributed by atoms with Gasteiger partial charge in [0.1, 0.15) is 5.15 Å². The lowest BCUT2D eigenvalue weighted by Crippen LogP contribution is -2.18. The van der Waals surface area contributed by atoms with Gasteiger partial charge in [0.25, 0.3) is 0 Å². The summed E-state index contributed by atoms with van der Waals surface area (Å²) in [6, 6.07) is 1.49. The van der Waals surface area contributed by atoms with Gasteiger partial charge in [-0.1, -0.05) is 28.4 Å². The summed E-state index contributed by atoms with van der Waals surface area (Å²) in [4.78, 5) is 30.5. The van der Waals surface area contributed by atoms with Gasteiger partial charge < -0.3 is 20.8 Å². The Bertz CT molecular complexity index is 993. The quantitative estimate of drug-likeness (QED) is 0.131. The number of hydrogen-bond acceptors (Lipinski definition) is 8. The number of oxime groups is 1. The van der Waals surface area contributed by atoms with Crippen LogP contribution in [-0.2, 0) is 4.84 Å². The van der Waals surface area contributed by atoms with Crippen LogP contribution in [0.15, 0.2) is 17.3 Å². The van der Waals surface area contributed by atoms with Gasteiger partial charge in [-0.05, 0) is 25.5 Å². The number of aryl methyl sites for hydroxylation is 1. The van der Waals surface area contributed by atoms with Crippen molar-refractivity contribution >= 4 is 40.7 Å². The van der Waals surface area contributed by atoms with Crippen LogP contribution in [0.4, 0.5) is 5.69 Å². The van der Waals surface area contributed by atoms with Gasteiger partial charge in [0.2, 0.25) is 5.75 Å². The zero-order valence-corrected chi connectivity index (χ0v) is 15.4. The van der Waals surface area contributed by atoms with Crippen molar-refractivity contribution in [3.8, 4) is 11.5 Å². The van der Waals surface area contributed by atoms with E-state index in [-0.39, 0.29) is 16.6 Å². The molecule has 0 spiro atoms. The molecule has 0 fully saturated rings. The zero-order chi connectivity index (χ0) is 20.5. The Kier molecular flexibility index (Phi) is 5.72. The molecule has 1 aromatic carbocycles. The highest BCUT2D eigenvalue weighted by molar-refractivity contribution is 6.36. The van der Waals surface area contributed by atoms with Crippen LogP contribution in [0.1, 0.15) is 27.2 Å². The number of pyridine rings is 1. The number of nitrogens with two attached hydrogens (primary N) is 1. The number of carbonyl (C=O) groups is 1. The molecule has 27 heavy (non-hydrogen) atoms. The number of halogens is 2. The van der Waals surface area contributed by atoms with Gasteiger partial charge in [-0.3, -0.25) is 10.1 Å². The Morgan fingerprint density at radius 2 is 1.96 bits per heavy atom. The molecule has 1 aromatic heterocycles. The Balaban J connectivity index is 2.35. The molecule has 4 N–H and O–H groups in total. The second-order valence-electron chi connectivity index (χ2n) is 5.28. The van der Waals surface area contributed by atoms with Crippen molar-refractivity contribution < 1.29 is 24.8 Å². The van der Waals surface area contributed by atoms with E-state index in [2.05, 4.69) is 15.0 Å². The highest BCUT2D eigenvalue weighted by Crippen LogP contribution is 2.36. The number of nitro benzene ring substituents is 1. The first-order valence-electron chi connectivity index (χ1n) is 7.12. The summed E-state index contributed by atoms with van der Waals surface area (Å²) >= 11 is 12.1. The number of phenolic OH excluding ortho intramolecular Hbond substituents is 2. The number of aromatic nitrogens is 1. The Morgan fingerprint density at radius 3 is 2.56 bits per heavy atom. The third-order valence-corrected chi connectivity index (χ3v) is 4.31. The van der Waals surface area contributed by atoms with Crippen LogP contribution in [-0.4, -0.2) is 31.9 Å². The minimum absolute atomic E-state index is 0.00962. The van der Waals surface area contributed by atoms with Crippen LogP contribution in [0.5, 0.6) is 11.5 Å². The number of aromatic hydroxyl groups is 2. The van der Waals surface area contributed by atoms with E-state index in [1.807, 2.05) is 0 Å². The number of nitro groups is 1. The van der Waals surface area contributed by atoms with Gasteiger partial charge >= 0.3 is 11.7 Å². The van der Waals surface area contributed by atoms with E-state index in [0.717, 1.165) is 6.07 Å². The van der Waals surface area contributed by atoms with Crippen molar-refractivity contribution in [1.29, 1.82) is 0 Å². The number of amidine groups is 1. The standard InChI is InChI=1S/C15H12Cl2N4O6/c1-5-10(13(17)19-6(2)11(5)16)14(18)20-27-15(24)7-3-8(21(25)26)12(23)9(22)4-7/h3-4,22-23H,1-2H3,(H2,18,20). The van der Waals surface area contributed by atoms with Crippen molar-refractivity contribution in [2.75, 3.05) is 0 Å². The van der Waals surface area contributed by atoms with Crippen LogP contribution in [0.3, 0.4) is 0 Å². The molecule has 0 saturated carbocycles. The van der Waals surface area contributed by atoms with Gasteiger partial charge in [0, 0.05) is 6.07 Å². The lowest BCUT2D eigenvalue weighted by Gasteiger charge is -2.10. The maximum Gasteiger partial charge on any atom is 0.366 e. The van der Waals surface area contributed by atoms with Crippen molar-refractivity contribution in [2.24, 2.45) is 10.9 Å². The number of rotatable bonds is 4. The average molecular weight is 415 g/mol. The topological polar surface area (TPSA) is 161 Å². The Hall–Kier alpha value is -3.11. The number of phenols is 2. The minimum Gasteiger partial charge on any atom is -0.504 e. The number of carbonyl (C=O) groups excluding carboxylic acids is 1. The molecule has 0 bridgehead atoms. The second-order valence-corrected chi connectivity index (χ2v) is 6.01. The summed E-state index contributed by atoms with van der Waals surface area (Å²) in [6.07, 6.45) is 0. The fourth-order valence-corrected chi connectivity index (χ4v) is 2.64. The van der Waals surface area contributed by atoms with Crippen LogP contribution >= 0.6 is 23.2 Å². The highest BCUT2D eigenvalue weighted by Gasteiger charge is 2.23. The summed E-state index contributed by atoms with van der Waals surface area (Å²) in [7, 11) is 0. The molecule has 0 amide bonds. The van der Waals surface area contributed by atoms with Crippen LogP contribution in [0, 0.1) is 24.0 Å². The molecular formula is C15H12Cl2N4O6.